The lowest BCUT2D eigenvalue weighted by molar-refractivity contribution is -0.133. The van der Waals surface area contributed by atoms with Crippen LogP contribution < -0.4 is 10.6 Å². The van der Waals surface area contributed by atoms with Crippen LogP contribution in [0.1, 0.15) is 40.0 Å². The Morgan fingerprint density at radius 3 is 2.17 bits per heavy atom. The van der Waals surface area contributed by atoms with E-state index in [1.807, 2.05) is 6.08 Å². The van der Waals surface area contributed by atoms with Crippen molar-refractivity contribution in [1.82, 2.24) is 10.6 Å². The highest BCUT2D eigenvalue weighted by molar-refractivity contribution is 6.00. The first-order valence-electron chi connectivity index (χ1n) is 8.04. The van der Waals surface area contributed by atoms with Crippen LogP contribution in [0, 0.1) is 11.3 Å². The van der Waals surface area contributed by atoms with Crippen molar-refractivity contribution < 1.29 is 14.4 Å². The summed E-state index contributed by atoms with van der Waals surface area (Å²) in [6, 6.07) is 0. The molecule has 1 aliphatic carbocycles. The van der Waals surface area contributed by atoms with Gasteiger partial charge in [-0.25, -0.2) is 0 Å². The second-order valence-electron chi connectivity index (χ2n) is 6.63. The average Bonchev–Trinajstić information content (AvgIpc) is 2.73. The molecule has 124 valence electrons. The molecule has 0 saturated carbocycles. The molecular weight excluding hydrogens is 292 g/mol. The van der Waals surface area contributed by atoms with Gasteiger partial charge in [0, 0.05) is 30.4 Å². The molecular formula is C18H24N2O3. The number of allylic oxidation sites excluding steroid dienone is 2. The van der Waals surface area contributed by atoms with Crippen LogP contribution >= 0.6 is 0 Å². The zero-order valence-corrected chi connectivity index (χ0v) is 13.9. The van der Waals surface area contributed by atoms with Gasteiger partial charge >= 0.3 is 0 Å². The Morgan fingerprint density at radius 1 is 1.04 bits per heavy atom. The maximum absolute atomic E-state index is 11.5. The van der Waals surface area contributed by atoms with Crippen LogP contribution in [0.4, 0.5) is 0 Å². The molecule has 0 aromatic heterocycles. The zero-order chi connectivity index (χ0) is 17.0. The number of amides is 3. The molecule has 2 N–H and O–H groups in total. The lowest BCUT2D eigenvalue weighted by Crippen LogP contribution is -2.33. The Morgan fingerprint density at radius 2 is 1.65 bits per heavy atom. The van der Waals surface area contributed by atoms with Crippen molar-refractivity contribution >= 4 is 17.7 Å². The van der Waals surface area contributed by atoms with Crippen molar-refractivity contribution in [1.29, 1.82) is 0 Å². The smallest absolute Gasteiger partial charge is 0.251 e. The molecule has 0 radical (unpaired) electrons. The Bertz CT molecular complexity index is 600. The van der Waals surface area contributed by atoms with Gasteiger partial charge in [0.25, 0.3) is 5.91 Å². The van der Waals surface area contributed by atoms with E-state index in [4.69, 9.17) is 0 Å². The summed E-state index contributed by atoms with van der Waals surface area (Å²) in [5.41, 5.74) is 2.00. The molecule has 0 bridgehead atoms. The number of rotatable bonds is 1. The predicted molar refractivity (Wildman–Crippen MR) is 88.3 cm³/mol. The largest absolute Gasteiger partial charge is 0.348 e. The Labute approximate surface area is 136 Å². The van der Waals surface area contributed by atoms with Crippen LogP contribution in [-0.4, -0.2) is 24.3 Å². The van der Waals surface area contributed by atoms with Crippen LogP contribution in [0.3, 0.4) is 0 Å². The van der Waals surface area contributed by atoms with Crippen molar-refractivity contribution in [3.63, 3.8) is 0 Å². The van der Waals surface area contributed by atoms with E-state index in [0.29, 0.717) is 31.7 Å². The van der Waals surface area contributed by atoms with Gasteiger partial charge in [-0.1, -0.05) is 45.1 Å². The van der Waals surface area contributed by atoms with Crippen LogP contribution in [-0.2, 0) is 14.4 Å². The van der Waals surface area contributed by atoms with Gasteiger partial charge in [-0.2, -0.15) is 0 Å². The lowest BCUT2D eigenvalue weighted by atomic mass is 9.79. The summed E-state index contributed by atoms with van der Waals surface area (Å²) in [6.07, 6.45) is 10.1. The van der Waals surface area contributed by atoms with E-state index in [1.54, 1.807) is 0 Å². The molecule has 23 heavy (non-hydrogen) atoms. The quantitative estimate of drug-likeness (QED) is 0.727. The van der Waals surface area contributed by atoms with Gasteiger partial charge < -0.3 is 5.32 Å². The summed E-state index contributed by atoms with van der Waals surface area (Å²) < 4.78 is 0. The number of nitrogens with one attached hydrogen (secondary N) is 2. The SMILES string of the molecule is CC(C)C1(C)C=CC2=C(C=C1)C(=O)NC2.O=C1CCCC(=O)N1. The third kappa shape index (κ3) is 4.18. The maximum Gasteiger partial charge on any atom is 0.251 e. The topological polar surface area (TPSA) is 75.3 Å². The first kappa shape index (κ1) is 17.2. The lowest BCUT2D eigenvalue weighted by Gasteiger charge is -2.26. The monoisotopic (exact) mass is 316 g/mol. The van der Waals surface area contributed by atoms with E-state index in [0.717, 1.165) is 11.1 Å². The minimum Gasteiger partial charge on any atom is -0.348 e. The van der Waals surface area contributed by atoms with Gasteiger partial charge in [-0.3, -0.25) is 19.7 Å². The fourth-order valence-corrected chi connectivity index (χ4v) is 2.52. The molecule has 1 fully saturated rings. The maximum atomic E-state index is 11.5. The summed E-state index contributed by atoms with van der Waals surface area (Å²) in [5, 5.41) is 5.03. The summed E-state index contributed by atoms with van der Waals surface area (Å²) in [6.45, 7) is 7.27. The second kappa shape index (κ2) is 6.94. The van der Waals surface area contributed by atoms with Crippen molar-refractivity contribution in [2.24, 2.45) is 11.3 Å². The summed E-state index contributed by atoms with van der Waals surface area (Å²) in [5.74, 6) is 0.314. The standard InChI is InChI=1S/C13H17NO.C5H7NO2/c1-9(2)13(3)6-4-10-8-14-12(15)11(10)5-7-13;7-4-2-1-3-5(8)6-4/h4-7,9H,8H2,1-3H3,(H,14,15);1-3H2,(H,6,7,8). The van der Waals surface area contributed by atoms with E-state index < -0.39 is 0 Å². The third-order valence-electron chi connectivity index (χ3n) is 4.61. The molecule has 1 atom stereocenters. The summed E-state index contributed by atoms with van der Waals surface area (Å²) in [7, 11) is 0. The number of hydrogen-bond donors (Lipinski definition) is 2. The molecule has 1 unspecified atom stereocenters. The van der Waals surface area contributed by atoms with E-state index in [9.17, 15) is 14.4 Å². The number of hydrogen-bond acceptors (Lipinski definition) is 3. The Balaban J connectivity index is 0.000000203. The van der Waals surface area contributed by atoms with Gasteiger partial charge in [0.2, 0.25) is 11.8 Å². The number of imide groups is 1. The van der Waals surface area contributed by atoms with E-state index in [-0.39, 0.29) is 23.1 Å². The van der Waals surface area contributed by atoms with Gasteiger partial charge in [0.15, 0.2) is 0 Å². The third-order valence-corrected chi connectivity index (χ3v) is 4.61. The van der Waals surface area contributed by atoms with Gasteiger partial charge in [0.05, 0.1) is 0 Å². The summed E-state index contributed by atoms with van der Waals surface area (Å²) in [4.78, 5) is 32.2. The first-order valence-corrected chi connectivity index (χ1v) is 8.04. The minimum atomic E-state index is -0.138. The second-order valence-corrected chi connectivity index (χ2v) is 6.63. The molecule has 5 heteroatoms. The van der Waals surface area contributed by atoms with Gasteiger partial charge in [0.1, 0.15) is 0 Å². The van der Waals surface area contributed by atoms with Crippen LogP contribution in [0.15, 0.2) is 35.5 Å². The normalized spacial score (nSPS) is 26.3. The average molecular weight is 316 g/mol. The predicted octanol–water partition coefficient (Wildman–Crippen LogP) is 2.01. The number of carbonyl (C=O) groups is 3. The highest BCUT2D eigenvalue weighted by Crippen LogP contribution is 2.34. The van der Waals surface area contributed by atoms with Crippen LogP contribution in [0.5, 0.6) is 0 Å². The van der Waals surface area contributed by atoms with E-state index in [1.165, 1.54) is 0 Å². The number of carbonyl (C=O) groups excluding carboxylic acids is 3. The fourth-order valence-electron chi connectivity index (χ4n) is 2.52. The molecule has 2 heterocycles. The van der Waals surface area contributed by atoms with Gasteiger partial charge in [-0.05, 0) is 17.9 Å². The molecule has 3 rings (SSSR count). The van der Waals surface area contributed by atoms with Crippen molar-refractivity contribution in [2.45, 2.75) is 40.0 Å². The summed E-state index contributed by atoms with van der Waals surface area (Å²) >= 11 is 0. The van der Waals surface area contributed by atoms with Crippen molar-refractivity contribution in [3.8, 4) is 0 Å². The highest BCUT2D eigenvalue weighted by Gasteiger charge is 2.27. The first-order chi connectivity index (χ1) is 10.8. The van der Waals surface area contributed by atoms with Crippen molar-refractivity contribution in [2.75, 3.05) is 6.54 Å². The van der Waals surface area contributed by atoms with Gasteiger partial charge in [-0.15, -0.1) is 0 Å². The fraction of sp³-hybridized carbons (Fsp3) is 0.500. The molecule has 0 aromatic rings. The van der Waals surface area contributed by atoms with Crippen molar-refractivity contribution in [3.05, 3.63) is 35.5 Å². The highest BCUT2D eigenvalue weighted by atomic mass is 16.2. The molecule has 0 aromatic carbocycles. The zero-order valence-electron chi connectivity index (χ0n) is 13.9. The molecule has 3 amide bonds. The molecule has 5 nitrogen and oxygen atoms in total. The minimum absolute atomic E-state index is 0.0545. The van der Waals surface area contributed by atoms with Crippen LogP contribution in [0.25, 0.3) is 0 Å². The Kier molecular flexibility index (Phi) is 5.19. The number of piperidine rings is 1. The Hall–Kier alpha value is -2.17. The molecule has 2 aliphatic heterocycles. The molecule has 1 saturated heterocycles. The van der Waals surface area contributed by atoms with Crippen LogP contribution in [0.2, 0.25) is 0 Å². The molecule has 0 spiro atoms. The molecule has 3 aliphatic rings. The van der Waals surface area contributed by atoms with E-state index in [2.05, 4.69) is 49.6 Å². The van der Waals surface area contributed by atoms with E-state index >= 15 is 0 Å².